The van der Waals surface area contributed by atoms with E-state index < -0.39 is 48.4 Å². The van der Waals surface area contributed by atoms with Crippen molar-refractivity contribution >= 4 is 29.7 Å². The number of carboxylic acid groups (broad SMARTS) is 1. The molecule has 3 unspecified atom stereocenters. The van der Waals surface area contributed by atoms with Gasteiger partial charge in [0.25, 0.3) is 0 Å². The van der Waals surface area contributed by atoms with E-state index in [2.05, 4.69) is 20.9 Å². The lowest BCUT2D eigenvalue weighted by molar-refractivity contribution is -0.142. The average molecular weight is 542 g/mol. The number of amides is 3. The van der Waals surface area contributed by atoms with Crippen LogP contribution in [0.25, 0.3) is 0 Å². The van der Waals surface area contributed by atoms with E-state index in [0.29, 0.717) is 6.42 Å². The Hall–Kier alpha value is -4.65. The molecule has 2 rings (SSSR count). The molecule has 3 amide bonds. The molecule has 0 fully saturated rings. The Kier molecular flexibility index (Phi) is 12.2. The Balaban J connectivity index is 1.98. The summed E-state index contributed by atoms with van der Waals surface area (Å²) in [6.07, 6.45) is 0.652. The molecule has 210 valence electrons. The fourth-order valence-electron chi connectivity index (χ4n) is 3.61. The zero-order valence-electron chi connectivity index (χ0n) is 21.4. The minimum atomic E-state index is -1.24. The molecule has 0 aliphatic carbocycles. The minimum Gasteiger partial charge on any atom is -0.508 e. The van der Waals surface area contributed by atoms with Crippen LogP contribution in [0, 0.1) is 0 Å². The average Bonchev–Trinajstić information content (AvgIpc) is 2.90. The number of nitrogens with two attached hydrogens (primary N) is 3. The number of aromatic hydroxyl groups is 1. The van der Waals surface area contributed by atoms with Crippen LogP contribution in [0.2, 0.25) is 0 Å². The molecule has 0 saturated heterocycles. The molecular weight excluding hydrogens is 506 g/mol. The van der Waals surface area contributed by atoms with Crippen molar-refractivity contribution in [2.24, 2.45) is 22.2 Å². The first-order chi connectivity index (χ1) is 18.5. The summed E-state index contributed by atoms with van der Waals surface area (Å²) in [5.74, 6) is -3.21. The number of aliphatic imine (C=N–C) groups is 1. The van der Waals surface area contributed by atoms with E-state index in [1.54, 1.807) is 42.5 Å². The summed E-state index contributed by atoms with van der Waals surface area (Å²) in [6.45, 7) is -0.248. The van der Waals surface area contributed by atoms with Gasteiger partial charge in [0.05, 0.1) is 12.6 Å². The molecule has 2 aromatic rings. The SMILES string of the molecule is NC(N)=NCCCC(NC(=O)C(Cc1ccccc1)NC(=O)CNC(=O)C(N)Cc1ccc(O)cc1)C(=O)O. The lowest BCUT2D eigenvalue weighted by Crippen LogP contribution is -2.54. The number of carboxylic acids is 1. The number of nitrogens with zero attached hydrogens (tertiary/aromatic N) is 1. The first-order valence-corrected chi connectivity index (χ1v) is 12.3. The van der Waals surface area contributed by atoms with Crippen LogP contribution < -0.4 is 33.2 Å². The largest absolute Gasteiger partial charge is 0.508 e. The molecule has 0 spiro atoms. The molecule has 11 N–H and O–H groups in total. The van der Waals surface area contributed by atoms with E-state index in [-0.39, 0.29) is 37.5 Å². The Morgan fingerprint density at radius 2 is 1.49 bits per heavy atom. The van der Waals surface area contributed by atoms with E-state index in [1.807, 2.05) is 0 Å². The van der Waals surface area contributed by atoms with E-state index in [0.717, 1.165) is 11.1 Å². The maximum absolute atomic E-state index is 13.0. The Labute approximate surface area is 225 Å². The molecule has 39 heavy (non-hydrogen) atoms. The second-order valence-corrected chi connectivity index (χ2v) is 8.85. The number of benzene rings is 2. The van der Waals surface area contributed by atoms with Crippen molar-refractivity contribution in [2.75, 3.05) is 13.1 Å². The van der Waals surface area contributed by atoms with E-state index in [9.17, 15) is 29.4 Å². The number of guanidine groups is 1. The number of hydrogen-bond donors (Lipinski definition) is 8. The van der Waals surface area contributed by atoms with E-state index in [4.69, 9.17) is 17.2 Å². The summed E-state index contributed by atoms with van der Waals surface area (Å²) in [6, 6.07) is 11.8. The second-order valence-electron chi connectivity index (χ2n) is 8.85. The highest BCUT2D eigenvalue weighted by Gasteiger charge is 2.27. The van der Waals surface area contributed by atoms with Crippen molar-refractivity contribution in [2.45, 2.75) is 43.8 Å². The fourth-order valence-corrected chi connectivity index (χ4v) is 3.61. The standard InChI is InChI=1S/C26H35N7O6/c27-19(13-17-8-10-18(34)11-9-17)23(36)31-15-22(35)32-21(14-16-5-2-1-3-6-16)24(37)33-20(25(38)39)7-4-12-30-26(28)29/h1-3,5-6,8-11,19-21,34H,4,7,12-15,27H2,(H,31,36)(H,32,35)(H,33,37)(H,38,39)(H4,28,29,30). The van der Waals surface area contributed by atoms with Gasteiger partial charge in [-0.15, -0.1) is 0 Å². The van der Waals surface area contributed by atoms with Crippen molar-refractivity contribution in [1.29, 1.82) is 0 Å². The van der Waals surface area contributed by atoms with Crippen LogP contribution >= 0.6 is 0 Å². The van der Waals surface area contributed by atoms with Gasteiger partial charge in [0.1, 0.15) is 17.8 Å². The number of carbonyl (C=O) groups is 4. The highest BCUT2D eigenvalue weighted by molar-refractivity contribution is 5.92. The van der Waals surface area contributed by atoms with Crippen LogP contribution in [-0.2, 0) is 32.0 Å². The fraction of sp³-hybridized carbons (Fsp3) is 0.346. The van der Waals surface area contributed by atoms with Crippen LogP contribution in [0.5, 0.6) is 5.75 Å². The summed E-state index contributed by atoms with van der Waals surface area (Å²) >= 11 is 0. The first-order valence-electron chi connectivity index (χ1n) is 12.3. The van der Waals surface area contributed by atoms with Crippen molar-refractivity contribution in [3.63, 3.8) is 0 Å². The number of hydrogen-bond acceptors (Lipinski definition) is 7. The molecule has 0 radical (unpaired) electrons. The summed E-state index contributed by atoms with van der Waals surface area (Å²) in [5.41, 5.74) is 17.9. The van der Waals surface area contributed by atoms with Crippen molar-refractivity contribution in [1.82, 2.24) is 16.0 Å². The molecule has 0 aliphatic rings. The van der Waals surface area contributed by atoms with Gasteiger partial charge in [-0.25, -0.2) is 4.79 Å². The predicted octanol–water partition coefficient (Wildman–Crippen LogP) is -1.27. The van der Waals surface area contributed by atoms with Gasteiger partial charge in [0.2, 0.25) is 17.7 Å². The van der Waals surface area contributed by atoms with Gasteiger partial charge in [0, 0.05) is 13.0 Å². The molecule has 3 atom stereocenters. The van der Waals surface area contributed by atoms with Crippen LogP contribution in [0.3, 0.4) is 0 Å². The third kappa shape index (κ3) is 11.5. The Bertz CT molecular complexity index is 1140. The highest BCUT2D eigenvalue weighted by Crippen LogP contribution is 2.11. The molecule has 13 heteroatoms. The topological polar surface area (TPSA) is 235 Å². The van der Waals surface area contributed by atoms with Gasteiger partial charge >= 0.3 is 5.97 Å². The number of nitrogens with one attached hydrogen (secondary N) is 3. The lowest BCUT2D eigenvalue weighted by atomic mass is 10.0. The van der Waals surface area contributed by atoms with Crippen LogP contribution in [-0.4, -0.2) is 71.1 Å². The summed E-state index contributed by atoms with van der Waals surface area (Å²) < 4.78 is 0. The molecule has 0 aliphatic heterocycles. The Morgan fingerprint density at radius 1 is 0.846 bits per heavy atom. The number of aliphatic carboxylic acids is 1. The van der Waals surface area contributed by atoms with Crippen molar-refractivity contribution < 1.29 is 29.4 Å². The quantitative estimate of drug-likeness (QED) is 0.0761. The van der Waals surface area contributed by atoms with Gasteiger partial charge in [-0.3, -0.25) is 19.4 Å². The summed E-state index contributed by atoms with van der Waals surface area (Å²) in [4.78, 5) is 53.5. The maximum Gasteiger partial charge on any atom is 0.326 e. The van der Waals surface area contributed by atoms with E-state index in [1.165, 1.54) is 12.1 Å². The van der Waals surface area contributed by atoms with Gasteiger partial charge in [-0.05, 0) is 42.5 Å². The van der Waals surface area contributed by atoms with Gasteiger partial charge in [-0.1, -0.05) is 42.5 Å². The van der Waals surface area contributed by atoms with Gasteiger partial charge < -0.3 is 43.4 Å². The highest BCUT2D eigenvalue weighted by atomic mass is 16.4. The summed E-state index contributed by atoms with van der Waals surface area (Å²) in [5, 5.41) is 26.4. The normalized spacial score (nSPS) is 12.8. The molecular formula is C26H35N7O6. The van der Waals surface area contributed by atoms with Crippen LogP contribution in [0.4, 0.5) is 0 Å². The van der Waals surface area contributed by atoms with Crippen LogP contribution in [0.15, 0.2) is 59.6 Å². The number of rotatable bonds is 15. The van der Waals surface area contributed by atoms with Crippen molar-refractivity contribution in [3.05, 3.63) is 65.7 Å². The molecule has 2 aromatic carbocycles. The monoisotopic (exact) mass is 541 g/mol. The third-order valence-corrected chi connectivity index (χ3v) is 5.65. The zero-order valence-corrected chi connectivity index (χ0v) is 21.4. The predicted molar refractivity (Wildman–Crippen MR) is 144 cm³/mol. The second kappa shape index (κ2) is 15.6. The number of phenolic OH excluding ortho intramolecular Hbond substituents is 1. The van der Waals surface area contributed by atoms with Crippen LogP contribution in [0.1, 0.15) is 24.0 Å². The van der Waals surface area contributed by atoms with Gasteiger partial charge in [0.15, 0.2) is 5.96 Å². The molecule has 13 nitrogen and oxygen atoms in total. The maximum atomic E-state index is 13.0. The third-order valence-electron chi connectivity index (χ3n) is 5.65. The van der Waals surface area contributed by atoms with Crippen molar-refractivity contribution in [3.8, 4) is 5.75 Å². The van der Waals surface area contributed by atoms with Gasteiger partial charge in [-0.2, -0.15) is 0 Å². The molecule has 0 aromatic heterocycles. The smallest absolute Gasteiger partial charge is 0.326 e. The van der Waals surface area contributed by atoms with E-state index >= 15 is 0 Å². The zero-order chi connectivity index (χ0) is 28.8. The number of carbonyl (C=O) groups excluding carboxylic acids is 3. The molecule has 0 heterocycles. The number of phenols is 1. The summed E-state index contributed by atoms with van der Waals surface area (Å²) in [7, 11) is 0. The Morgan fingerprint density at radius 3 is 2.10 bits per heavy atom. The minimum absolute atomic E-state index is 0.0683. The molecule has 0 saturated carbocycles. The first kappa shape index (κ1) is 30.6. The molecule has 0 bridgehead atoms. The lowest BCUT2D eigenvalue weighted by Gasteiger charge is -2.22.